The van der Waals surface area contributed by atoms with E-state index in [1.807, 2.05) is 0 Å². The third-order valence-corrected chi connectivity index (χ3v) is 3.96. The summed E-state index contributed by atoms with van der Waals surface area (Å²) >= 11 is 0. The van der Waals surface area contributed by atoms with Crippen molar-refractivity contribution in [3.63, 3.8) is 0 Å². The fourth-order valence-corrected chi connectivity index (χ4v) is 2.58. The molecule has 17 heavy (non-hydrogen) atoms. The SMILES string of the molecule is CC(NS(N)(=O)=O)c1ccc(S(C)(=O)=O)cc1. The Labute approximate surface area is 101 Å². The van der Waals surface area contributed by atoms with E-state index >= 15 is 0 Å². The molecule has 8 heteroatoms. The Morgan fingerprint density at radius 2 is 1.59 bits per heavy atom. The van der Waals surface area contributed by atoms with Gasteiger partial charge in [0.2, 0.25) is 0 Å². The van der Waals surface area contributed by atoms with Gasteiger partial charge in [-0.1, -0.05) is 12.1 Å². The summed E-state index contributed by atoms with van der Waals surface area (Å²) in [6.07, 6.45) is 1.11. The highest BCUT2D eigenvalue weighted by Gasteiger charge is 2.12. The third kappa shape index (κ3) is 4.43. The van der Waals surface area contributed by atoms with Crippen LogP contribution < -0.4 is 9.86 Å². The maximum Gasteiger partial charge on any atom is 0.274 e. The number of hydrogen-bond acceptors (Lipinski definition) is 4. The summed E-state index contributed by atoms with van der Waals surface area (Å²) in [7, 11) is -7.02. The van der Waals surface area contributed by atoms with Crippen LogP contribution in [0, 0.1) is 0 Å². The Bertz CT molecular complexity index is 590. The minimum absolute atomic E-state index is 0.184. The molecule has 0 fully saturated rings. The fourth-order valence-electron chi connectivity index (χ4n) is 1.32. The van der Waals surface area contributed by atoms with E-state index in [1.54, 1.807) is 19.1 Å². The van der Waals surface area contributed by atoms with Gasteiger partial charge in [-0.3, -0.25) is 0 Å². The quantitative estimate of drug-likeness (QED) is 0.804. The Balaban J connectivity index is 2.96. The van der Waals surface area contributed by atoms with E-state index in [1.165, 1.54) is 12.1 Å². The molecule has 0 aliphatic rings. The standard InChI is InChI=1S/C9H14N2O4S2/c1-7(11-17(10,14)15)8-3-5-9(6-4-8)16(2,12)13/h3-7,11H,1-2H3,(H2,10,14,15). The van der Waals surface area contributed by atoms with Crippen LogP contribution in [0.25, 0.3) is 0 Å². The minimum atomic E-state index is -3.78. The molecule has 1 aromatic rings. The first-order chi connectivity index (χ1) is 7.59. The Kier molecular flexibility index (Phi) is 3.92. The molecule has 0 aliphatic heterocycles. The molecule has 0 amide bonds. The van der Waals surface area contributed by atoms with Gasteiger partial charge in [-0.2, -0.15) is 13.1 Å². The Morgan fingerprint density at radius 3 is 1.94 bits per heavy atom. The van der Waals surface area contributed by atoms with Gasteiger partial charge < -0.3 is 0 Å². The first kappa shape index (κ1) is 14.1. The molecule has 0 saturated heterocycles. The zero-order valence-corrected chi connectivity index (χ0v) is 11.0. The van der Waals surface area contributed by atoms with Crippen LogP contribution in [0.3, 0.4) is 0 Å². The van der Waals surface area contributed by atoms with Gasteiger partial charge in [-0.15, -0.1) is 0 Å². The summed E-state index contributed by atoms with van der Waals surface area (Å²) in [5, 5.41) is 4.84. The molecule has 0 bridgehead atoms. The molecule has 0 spiro atoms. The largest absolute Gasteiger partial charge is 0.274 e. The number of nitrogens with one attached hydrogen (secondary N) is 1. The van der Waals surface area contributed by atoms with E-state index in [2.05, 4.69) is 4.72 Å². The van der Waals surface area contributed by atoms with Gasteiger partial charge in [0.15, 0.2) is 9.84 Å². The van der Waals surface area contributed by atoms with E-state index in [-0.39, 0.29) is 4.90 Å². The van der Waals surface area contributed by atoms with Crippen molar-refractivity contribution in [1.29, 1.82) is 0 Å². The van der Waals surface area contributed by atoms with Gasteiger partial charge >= 0.3 is 0 Å². The lowest BCUT2D eigenvalue weighted by atomic mass is 10.1. The first-order valence-corrected chi connectivity index (χ1v) is 8.13. The molecule has 6 nitrogen and oxygen atoms in total. The Hall–Kier alpha value is -0.960. The van der Waals surface area contributed by atoms with Gasteiger partial charge in [-0.05, 0) is 24.6 Å². The highest BCUT2D eigenvalue weighted by Crippen LogP contribution is 2.16. The summed E-state index contributed by atoms with van der Waals surface area (Å²) in [4.78, 5) is 0.184. The zero-order chi connectivity index (χ0) is 13.3. The average molecular weight is 278 g/mol. The number of rotatable bonds is 4. The number of hydrogen-bond donors (Lipinski definition) is 2. The van der Waals surface area contributed by atoms with Gasteiger partial charge in [0.1, 0.15) is 0 Å². The van der Waals surface area contributed by atoms with E-state index < -0.39 is 26.1 Å². The zero-order valence-electron chi connectivity index (χ0n) is 9.41. The number of nitrogens with two attached hydrogens (primary N) is 1. The van der Waals surface area contributed by atoms with Crippen LogP contribution in [0.2, 0.25) is 0 Å². The molecular formula is C9H14N2O4S2. The van der Waals surface area contributed by atoms with Crippen molar-refractivity contribution in [2.75, 3.05) is 6.26 Å². The van der Waals surface area contributed by atoms with Crippen LogP contribution in [0.1, 0.15) is 18.5 Å². The van der Waals surface area contributed by atoms with Crippen LogP contribution in [0.4, 0.5) is 0 Å². The van der Waals surface area contributed by atoms with Crippen molar-refractivity contribution in [2.24, 2.45) is 5.14 Å². The number of sulfone groups is 1. The summed E-state index contributed by atoms with van der Waals surface area (Å²) in [6, 6.07) is 5.41. The molecular weight excluding hydrogens is 264 g/mol. The van der Waals surface area contributed by atoms with Crippen molar-refractivity contribution in [1.82, 2.24) is 4.72 Å². The molecule has 0 heterocycles. The topological polar surface area (TPSA) is 106 Å². The maximum atomic E-state index is 11.2. The molecule has 0 radical (unpaired) electrons. The van der Waals surface area contributed by atoms with Crippen molar-refractivity contribution in [3.05, 3.63) is 29.8 Å². The van der Waals surface area contributed by atoms with Crippen LogP contribution in [0.15, 0.2) is 29.2 Å². The van der Waals surface area contributed by atoms with Gasteiger partial charge in [0.25, 0.3) is 10.2 Å². The van der Waals surface area contributed by atoms with Crippen LogP contribution in [-0.4, -0.2) is 23.1 Å². The summed E-state index contributed by atoms with van der Waals surface area (Å²) in [5.41, 5.74) is 0.631. The lowest BCUT2D eigenvalue weighted by Gasteiger charge is -2.12. The van der Waals surface area contributed by atoms with Crippen molar-refractivity contribution >= 4 is 20.0 Å². The summed E-state index contributed by atoms with van der Waals surface area (Å²) in [6.45, 7) is 1.61. The molecule has 0 saturated carbocycles. The van der Waals surface area contributed by atoms with Gasteiger partial charge in [-0.25, -0.2) is 13.6 Å². The van der Waals surface area contributed by atoms with Gasteiger partial charge in [0.05, 0.1) is 4.90 Å². The second kappa shape index (κ2) is 4.73. The molecule has 1 rings (SSSR count). The average Bonchev–Trinajstić information content (AvgIpc) is 2.14. The normalized spacial score (nSPS) is 14.5. The predicted molar refractivity (Wildman–Crippen MR) is 64.2 cm³/mol. The smallest absolute Gasteiger partial charge is 0.224 e. The van der Waals surface area contributed by atoms with E-state index in [0.29, 0.717) is 5.56 Å². The molecule has 1 aromatic carbocycles. The molecule has 1 atom stereocenters. The minimum Gasteiger partial charge on any atom is -0.224 e. The van der Waals surface area contributed by atoms with E-state index in [4.69, 9.17) is 5.14 Å². The monoisotopic (exact) mass is 278 g/mol. The predicted octanol–water partition coefficient (Wildman–Crippen LogP) is -0.0558. The molecule has 96 valence electrons. The molecule has 0 aliphatic carbocycles. The fraction of sp³-hybridized carbons (Fsp3) is 0.333. The van der Waals surface area contributed by atoms with Crippen LogP contribution in [-0.2, 0) is 20.0 Å². The van der Waals surface area contributed by atoms with E-state index in [9.17, 15) is 16.8 Å². The van der Waals surface area contributed by atoms with Crippen molar-refractivity contribution < 1.29 is 16.8 Å². The Morgan fingerprint density at radius 1 is 1.12 bits per heavy atom. The highest BCUT2D eigenvalue weighted by molar-refractivity contribution is 7.90. The van der Waals surface area contributed by atoms with Gasteiger partial charge in [0, 0.05) is 12.3 Å². The highest BCUT2D eigenvalue weighted by atomic mass is 32.2. The molecule has 1 unspecified atom stereocenters. The van der Waals surface area contributed by atoms with E-state index in [0.717, 1.165) is 6.26 Å². The van der Waals surface area contributed by atoms with Crippen molar-refractivity contribution in [3.8, 4) is 0 Å². The third-order valence-electron chi connectivity index (χ3n) is 2.15. The molecule has 3 N–H and O–H groups in total. The lowest BCUT2D eigenvalue weighted by Crippen LogP contribution is -2.32. The van der Waals surface area contributed by atoms with Crippen LogP contribution in [0.5, 0.6) is 0 Å². The second-order valence-corrected chi connectivity index (χ2v) is 7.07. The summed E-state index contributed by atoms with van der Waals surface area (Å²) < 4.78 is 46.2. The summed E-state index contributed by atoms with van der Waals surface area (Å²) in [5.74, 6) is 0. The lowest BCUT2D eigenvalue weighted by molar-refractivity contribution is 0.568. The number of benzene rings is 1. The first-order valence-electron chi connectivity index (χ1n) is 4.69. The van der Waals surface area contributed by atoms with Crippen LogP contribution >= 0.6 is 0 Å². The maximum absolute atomic E-state index is 11.2. The van der Waals surface area contributed by atoms with Crippen molar-refractivity contribution in [2.45, 2.75) is 17.9 Å². The molecule has 0 aromatic heterocycles. The second-order valence-electron chi connectivity index (χ2n) is 3.73.